The van der Waals surface area contributed by atoms with Crippen LogP contribution in [-0.4, -0.2) is 56.3 Å². The van der Waals surface area contributed by atoms with Crippen LogP contribution in [0, 0.1) is 6.92 Å². The first-order chi connectivity index (χ1) is 18.8. The van der Waals surface area contributed by atoms with Gasteiger partial charge in [0.1, 0.15) is 17.6 Å². The van der Waals surface area contributed by atoms with Crippen molar-refractivity contribution < 1.29 is 31.5 Å². The van der Waals surface area contributed by atoms with E-state index in [0.29, 0.717) is 32.6 Å². The second-order valence-electron chi connectivity index (χ2n) is 9.76. The fourth-order valence-corrected chi connectivity index (χ4v) is 5.24. The molecule has 0 radical (unpaired) electrons. The van der Waals surface area contributed by atoms with Crippen LogP contribution in [0.4, 0.5) is 0 Å². The fourth-order valence-electron chi connectivity index (χ4n) is 4.30. The number of aryl methyl sites for hydroxylation is 2. The van der Waals surface area contributed by atoms with E-state index in [-0.39, 0.29) is 18.1 Å². The number of aromatic nitrogens is 2. The molecule has 2 aromatic carbocycles. The van der Waals surface area contributed by atoms with Crippen LogP contribution in [0.2, 0.25) is 0 Å². The Kier molecular flexibility index (Phi) is 10.0. The average molecular weight is 559 g/mol. The van der Waals surface area contributed by atoms with Crippen LogP contribution in [0.1, 0.15) is 44.2 Å². The highest BCUT2D eigenvalue weighted by molar-refractivity contribution is 7.86. The maximum absolute atomic E-state index is 12.7. The van der Waals surface area contributed by atoms with Crippen molar-refractivity contribution in [3.05, 3.63) is 72.3 Å². The Hall–Kier alpha value is -2.92. The van der Waals surface area contributed by atoms with Crippen molar-refractivity contribution in [3.8, 4) is 11.5 Å². The van der Waals surface area contributed by atoms with Crippen LogP contribution < -0.4 is 9.47 Å². The maximum Gasteiger partial charge on any atom is 0.297 e. The second-order valence-corrected chi connectivity index (χ2v) is 11.4. The zero-order valence-electron chi connectivity index (χ0n) is 22.9. The van der Waals surface area contributed by atoms with E-state index in [4.69, 9.17) is 23.1 Å². The Morgan fingerprint density at radius 2 is 1.74 bits per heavy atom. The van der Waals surface area contributed by atoms with E-state index in [1.165, 1.54) is 12.1 Å². The van der Waals surface area contributed by atoms with E-state index >= 15 is 0 Å². The molecule has 0 unspecified atom stereocenters. The van der Waals surface area contributed by atoms with Gasteiger partial charge in [0.15, 0.2) is 5.79 Å². The molecular weight excluding hydrogens is 520 g/mol. The summed E-state index contributed by atoms with van der Waals surface area (Å²) < 4.78 is 57.0. The molecule has 1 saturated heterocycles. The summed E-state index contributed by atoms with van der Waals surface area (Å²) in [4.78, 5) is 4.25. The summed E-state index contributed by atoms with van der Waals surface area (Å²) in [5.74, 6) is 0.558. The molecule has 4 rings (SSSR count). The molecule has 212 valence electrons. The molecule has 0 spiro atoms. The molecule has 2 heterocycles. The van der Waals surface area contributed by atoms with Gasteiger partial charge in [0, 0.05) is 24.9 Å². The van der Waals surface area contributed by atoms with Gasteiger partial charge in [-0.05, 0) is 56.0 Å². The molecule has 0 aliphatic carbocycles. The number of hydrogen-bond acceptors (Lipinski definition) is 8. The first kappa shape index (κ1) is 29.1. The van der Waals surface area contributed by atoms with Gasteiger partial charge in [-0.2, -0.15) is 8.42 Å². The lowest BCUT2D eigenvalue weighted by Gasteiger charge is -2.29. The van der Waals surface area contributed by atoms with Crippen molar-refractivity contribution in [2.75, 3.05) is 26.4 Å². The second kappa shape index (κ2) is 13.4. The zero-order valence-corrected chi connectivity index (χ0v) is 23.7. The van der Waals surface area contributed by atoms with Gasteiger partial charge in [-0.15, -0.1) is 0 Å². The van der Waals surface area contributed by atoms with E-state index in [1.54, 1.807) is 24.7 Å². The Morgan fingerprint density at radius 1 is 1.05 bits per heavy atom. The molecule has 0 amide bonds. The molecule has 0 saturated carbocycles. The highest BCUT2D eigenvalue weighted by atomic mass is 32.2. The Balaban J connectivity index is 1.45. The predicted molar refractivity (Wildman–Crippen MR) is 146 cm³/mol. The smallest absolute Gasteiger partial charge is 0.297 e. The van der Waals surface area contributed by atoms with Gasteiger partial charge in [0.05, 0.1) is 44.2 Å². The highest BCUT2D eigenvalue weighted by Gasteiger charge is 2.42. The summed E-state index contributed by atoms with van der Waals surface area (Å²) in [5, 5.41) is 0. The summed E-state index contributed by atoms with van der Waals surface area (Å²) in [7, 11) is -3.91. The Bertz CT molecular complexity index is 1250. The summed E-state index contributed by atoms with van der Waals surface area (Å²) in [6.45, 7) is 7.76. The SMILES string of the molecule is CCCOc1cc(CC[C@]2(Cn3ccnc3)OC[C@@H](COS(=O)(=O)c3ccc(C)cc3)O2)cc(OCCC)c1. The lowest BCUT2D eigenvalue weighted by atomic mass is 10.0. The van der Waals surface area contributed by atoms with Crippen molar-refractivity contribution in [1.82, 2.24) is 9.55 Å². The van der Waals surface area contributed by atoms with Crippen LogP contribution in [-0.2, 0) is 36.7 Å². The number of nitrogens with zero attached hydrogens (tertiary/aromatic N) is 2. The normalized spacial score (nSPS) is 19.3. The molecular formula is C29H38N2O7S. The van der Waals surface area contributed by atoms with Crippen LogP contribution in [0.3, 0.4) is 0 Å². The highest BCUT2D eigenvalue weighted by Crippen LogP contribution is 2.33. The number of rotatable bonds is 15. The molecule has 1 fully saturated rings. The number of benzene rings is 2. The third-order valence-electron chi connectivity index (χ3n) is 6.30. The first-order valence-electron chi connectivity index (χ1n) is 13.4. The van der Waals surface area contributed by atoms with Crippen molar-refractivity contribution in [1.29, 1.82) is 0 Å². The minimum Gasteiger partial charge on any atom is -0.493 e. The van der Waals surface area contributed by atoms with Crippen molar-refractivity contribution in [2.24, 2.45) is 0 Å². The third-order valence-corrected chi connectivity index (χ3v) is 7.59. The molecule has 0 bridgehead atoms. The Labute approximate surface area is 231 Å². The summed E-state index contributed by atoms with van der Waals surface area (Å²) in [6, 6.07) is 12.5. The van der Waals surface area contributed by atoms with E-state index in [1.807, 2.05) is 35.9 Å². The maximum atomic E-state index is 12.7. The van der Waals surface area contributed by atoms with Gasteiger partial charge in [-0.1, -0.05) is 31.5 Å². The van der Waals surface area contributed by atoms with Crippen LogP contribution >= 0.6 is 0 Å². The van der Waals surface area contributed by atoms with Crippen molar-refractivity contribution >= 4 is 10.1 Å². The third kappa shape index (κ3) is 8.28. The lowest BCUT2D eigenvalue weighted by molar-refractivity contribution is -0.184. The van der Waals surface area contributed by atoms with E-state index in [2.05, 4.69) is 18.8 Å². The quantitative estimate of drug-likeness (QED) is 0.243. The Morgan fingerprint density at radius 3 is 2.36 bits per heavy atom. The topological polar surface area (TPSA) is 98.1 Å². The summed E-state index contributed by atoms with van der Waals surface area (Å²) >= 11 is 0. The molecule has 10 heteroatoms. The van der Waals surface area contributed by atoms with Crippen LogP contribution in [0.5, 0.6) is 11.5 Å². The number of ether oxygens (including phenoxy) is 4. The lowest BCUT2D eigenvalue weighted by Crippen LogP contribution is -2.37. The molecule has 1 aromatic heterocycles. The largest absolute Gasteiger partial charge is 0.493 e. The molecule has 1 aliphatic rings. The summed E-state index contributed by atoms with van der Waals surface area (Å²) in [6.07, 6.45) is 7.68. The molecule has 1 aliphatic heterocycles. The zero-order chi connectivity index (χ0) is 27.7. The minimum atomic E-state index is -3.91. The molecule has 0 N–H and O–H groups in total. The summed E-state index contributed by atoms with van der Waals surface area (Å²) in [5.41, 5.74) is 2.01. The number of hydrogen-bond donors (Lipinski definition) is 0. The van der Waals surface area contributed by atoms with Gasteiger partial charge in [-0.25, -0.2) is 4.98 Å². The predicted octanol–water partition coefficient (Wildman–Crippen LogP) is 4.92. The van der Waals surface area contributed by atoms with Crippen molar-refractivity contribution in [3.63, 3.8) is 0 Å². The molecule has 3 aromatic rings. The molecule has 9 nitrogen and oxygen atoms in total. The van der Waals surface area contributed by atoms with Gasteiger partial charge in [-0.3, -0.25) is 4.18 Å². The van der Waals surface area contributed by atoms with Crippen LogP contribution in [0.15, 0.2) is 66.1 Å². The van der Waals surface area contributed by atoms with Crippen LogP contribution in [0.25, 0.3) is 0 Å². The fraction of sp³-hybridized carbons (Fsp3) is 0.483. The van der Waals surface area contributed by atoms with E-state index in [9.17, 15) is 8.42 Å². The molecule has 39 heavy (non-hydrogen) atoms. The van der Waals surface area contributed by atoms with Crippen molar-refractivity contribution in [2.45, 2.75) is 69.8 Å². The molecule has 2 atom stereocenters. The van der Waals surface area contributed by atoms with Gasteiger partial charge in [0.25, 0.3) is 10.1 Å². The standard InChI is InChI=1S/C29H38N2O7S/c1-4-14-34-25-16-24(17-26(18-25)35-15-5-2)10-11-29(21-31-13-12-30-22-31)36-19-27(38-29)20-37-39(32,33)28-8-6-23(3)7-9-28/h6-9,12-13,16-18,22,27H,4-5,10-11,14-15,19-21H2,1-3H3/t27-,29-/m0/s1. The monoisotopic (exact) mass is 558 g/mol. The van der Waals surface area contributed by atoms with Gasteiger partial charge >= 0.3 is 0 Å². The van der Waals surface area contributed by atoms with Gasteiger partial charge in [0.2, 0.25) is 0 Å². The number of imidazole rings is 1. The van der Waals surface area contributed by atoms with Gasteiger partial charge < -0.3 is 23.5 Å². The first-order valence-corrected chi connectivity index (χ1v) is 14.8. The van der Waals surface area contributed by atoms with E-state index in [0.717, 1.165) is 35.5 Å². The van der Waals surface area contributed by atoms with E-state index < -0.39 is 22.0 Å². The minimum absolute atomic E-state index is 0.114. The average Bonchev–Trinajstić information content (AvgIpc) is 3.59.